The minimum Gasteiger partial charge on any atom is -0.488 e. The molecule has 0 aliphatic heterocycles. The van der Waals surface area contributed by atoms with Gasteiger partial charge in [-0.15, -0.1) is 0 Å². The quantitative estimate of drug-likeness (QED) is 0.262. The predicted octanol–water partition coefficient (Wildman–Crippen LogP) is 5.84. The summed E-state index contributed by atoms with van der Waals surface area (Å²) in [6.45, 7) is 6.55. The summed E-state index contributed by atoms with van der Waals surface area (Å²) in [5, 5.41) is 11.3. The molecule has 0 aliphatic carbocycles. The number of nitrogens with two attached hydrogens (primary N) is 1. The highest BCUT2D eigenvalue weighted by Crippen LogP contribution is 2.33. The summed E-state index contributed by atoms with van der Waals surface area (Å²) < 4.78 is 6.11. The van der Waals surface area contributed by atoms with Crippen molar-refractivity contribution in [2.45, 2.75) is 77.7 Å². The Kier molecular flexibility index (Phi) is 9.03. The first kappa shape index (κ1) is 24.4. The maximum absolute atomic E-state index is 11.3. The second-order valence-corrected chi connectivity index (χ2v) is 8.99. The second kappa shape index (κ2) is 11.5. The lowest BCUT2D eigenvalue weighted by molar-refractivity contribution is -0.385. The Labute approximate surface area is 185 Å². The number of hydrogen-bond acceptors (Lipinski definition) is 4. The Hall–Kier alpha value is -2.89. The third kappa shape index (κ3) is 8.04. The molecule has 0 saturated heterocycles. The minimum atomic E-state index is -0.372. The average Bonchev–Trinajstić information content (AvgIpc) is 2.70. The molecular formula is C25H34N2O4. The van der Waals surface area contributed by atoms with Crippen LogP contribution in [0.4, 0.5) is 5.69 Å². The number of carbonyl (C=O) groups is 1. The molecule has 0 radical (unpaired) electrons. The Morgan fingerprint density at radius 2 is 1.71 bits per heavy atom. The van der Waals surface area contributed by atoms with Gasteiger partial charge in [-0.05, 0) is 47.9 Å². The van der Waals surface area contributed by atoms with Crippen molar-refractivity contribution in [1.29, 1.82) is 0 Å². The van der Waals surface area contributed by atoms with E-state index in [1.807, 2.05) is 0 Å². The Balaban J connectivity index is 2.02. The van der Waals surface area contributed by atoms with Gasteiger partial charge in [-0.3, -0.25) is 14.9 Å². The lowest BCUT2D eigenvalue weighted by Crippen LogP contribution is -2.14. The molecular weight excluding hydrogens is 392 g/mol. The maximum Gasteiger partial charge on any atom is 0.276 e. The number of primary amides is 1. The third-order valence-corrected chi connectivity index (χ3v) is 5.31. The van der Waals surface area contributed by atoms with Crippen LogP contribution >= 0.6 is 0 Å². The summed E-state index contributed by atoms with van der Waals surface area (Å²) in [7, 11) is 0. The van der Waals surface area contributed by atoms with E-state index in [0.717, 1.165) is 49.8 Å². The maximum atomic E-state index is 11.3. The zero-order valence-corrected chi connectivity index (χ0v) is 18.9. The summed E-state index contributed by atoms with van der Waals surface area (Å²) in [6.07, 6.45) is 6.56. The van der Waals surface area contributed by atoms with E-state index in [9.17, 15) is 14.9 Å². The van der Waals surface area contributed by atoms with Crippen molar-refractivity contribution < 1.29 is 14.5 Å². The number of unbranched alkanes of at least 4 members (excludes halogenated alkanes) is 4. The lowest BCUT2D eigenvalue weighted by atomic mass is 9.85. The fraction of sp³-hybridized carbons (Fsp3) is 0.480. The molecule has 0 bridgehead atoms. The number of amides is 1. The van der Waals surface area contributed by atoms with E-state index in [0.29, 0.717) is 12.0 Å². The number of nitro groups is 1. The predicted molar refractivity (Wildman–Crippen MR) is 123 cm³/mol. The average molecular weight is 427 g/mol. The highest BCUT2D eigenvalue weighted by Gasteiger charge is 2.20. The summed E-state index contributed by atoms with van der Waals surface area (Å²) in [4.78, 5) is 21.7. The largest absolute Gasteiger partial charge is 0.488 e. The molecule has 0 aliphatic rings. The Morgan fingerprint density at radius 3 is 2.39 bits per heavy atom. The molecule has 0 heterocycles. The molecule has 6 heteroatoms. The standard InChI is InChI=1S/C25H34N2O4/c1-25(2,3)21-16-15-19(11-7-5-4-6-8-14-24(26)28)17-23(21)31-18-20-12-9-10-13-22(20)27(29)30/h9-10,12-13,15-17H,4-8,11,14,18H2,1-3H3,(H2,26,28). The number of para-hydroxylation sites is 1. The molecule has 0 aromatic heterocycles. The Bertz CT molecular complexity index is 887. The van der Waals surface area contributed by atoms with Crippen LogP contribution < -0.4 is 10.5 Å². The van der Waals surface area contributed by atoms with Crippen molar-refractivity contribution in [2.24, 2.45) is 5.73 Å². The molecule has 31 heavy (non-hydrogen) atoms. The molecule has 0 atom stereocenters. The first-order valence-corrected chi connectivity index (χ1v) is 11.0. The van der Waals surface area contributed by atoms with E-state index in [-0.39, 0.29) is 28.5 Å². The van der Waals surface area contributed by atoms with Crippen LogP contribution in [0.15, 0.2) is 42.5 Å². The molecule has 2 aromatic rings. The molecule has 0 saturated carbocycles. The number of benzene rings is 2. The van der Waals surface area contributed by atoms with Crippen molar-refractivity contribution in [3.63, 3.8) is 0 Å². The summed E-state index contributed by atoms with van der Waals surface area (Å²) in [5.74, 6) is 0.553. The van der Waals surface area contributed by atoms with Gasteiger partial charge >= 0.3 is 0 Å². The fourth-order valence-corrected chi connectivity index (χ4v) is 3.59. The molecule has 1 amide bonds. The van der Waals surface area contributed by atoms with Crippen LogP contribution in [0.3, 0.4) is 0 Å². The van der Waals surface area contributed by atoms with Gasteiger partial charge in [0.25, 0.3) is 5.69 Å². The van der Waals surface area contributed by atoms with Crippen LogP contribution in [0.25, 0.3) is 0 Å². The number of rotatable bonds is 12. The zero-order valence-electron chi connectivity index (χ0n) is 18.9. The summed E-state index contributed by atoms with van der Waals surface area (Å²) in [6, 6.07) is 13.0. The van der Waals surface area contributed by atoms with Crippen LogP contribution in [0.5, 0.6) is 5.75 Å². The molecule has 0 fully saturated rings. The van der Waals surface area contributed by atoms with Gasteiger partial charge < -0.3 is 10.5 Å². The first-order chi connectivity index (χ1) is 14.7. The highest BCUT2D eigenvalue weighted by atomic mass is 16.6. The number of nitro benzene ring substituents is 1. The first-order valence-electron chi connectivity index (χ1n) is 11.0. The molecule has 2 aromatic carbocycles. The van der Waals surface area contributed by atoms with E-state index in [1.54, 1.807) is 18.2 Å². The van der Waals surface area contributed by atoms with E-state index >= 15 is 0 Å². The van der Waals surface area contributed by atoms with Crippen LogP contribution in [0.2, 0.25) is 0 Å². The second-order valence-electron chi connectivity index (χ2n) is 8.99. The minimum absolute atomic E-state index is 0.0762. The number of ether oxygens (including phenoxy) is 1. The van der Waals surface area contributed by atoms with Crippen molar-refractivity contribution in [2.75, 3.05) is 0 Å². The van der Waals surface area contributed by atoms with Gasteiger partial charge in [0.2, 0.25) is 5.91 Å². The number of nitrogens with zero attached hydrogens (tertiary/aromatic N) is 1. The van der Waals surface area contributed by atoms with Crippen molar-refractivity contribution >= 4 is 11.6 Å². The SMILES string of the molecule is CC(C)(C)c1ccc(CCCCCCCC(N)=O)cc1OCc1ccccc1[N+](=O)[O-]. The van der Waals surface area contributed by atoms with Gasteiger partial charge in [0.1, 0.15) is 12.4 Å². The van der Waals surface area contributed by atoms with Gasteiger partial charge in [0, 0.05) is 12.5 Å². The third-order valence-electron chi connectivity index (χ3n) is 5.31. The van der Waals surface area contributed by atoms with Gasteiger partial charge in [-0.25, -0.2) is 0 Å². The molecule has 2 rings (SSSR count). The fourth-order valence-electron chi connectivity index (χ4n) is 3.59. The summed E-state index contributed by atoms with van der Waals surface area (Å²) in [5.41, 5.74) is 7.99. The van der Waals surface area contributed by atoms with E-state index in [1.165, 1.54) is 11.6 Å². The van der Waals surface area contributed by atoms with Crippen LogP contribution in [0, 0.1) is 10.1 Å². The monoisotopic (exact) mass is 426 g/mol. The summed E-state index contributed by atoms with van der Waals surface area (Å²) >= 11 is 0. The topological polar surface area (TPSA) is 95.5 Å². The van der Waals surface area contributed by atoms with Gasteiger partial charge in [0.15, 0.2) is 0 Å². The van der Waals surface area contributed by atoms with E-state index in [4.69, 9.17) is 10.5 Å². The zero-order chi connectivity index (χ0) is 22.9. The normalized spacial score (nSPS) is 11.3. The molecule has 0 spiro atoms. The number of aryl methyl sites for hydroxylation is 1. The van der Waals surface area contributed by atoms with Gasteiger partial charge in [-0.2, -0.15) is 0 Å². The highest BCUT2D eigenvalue weighted by molar-refractivity contribution is 5.73. The van der Waals surface area contributed by atoms with Crippen LogP contribution in [-0.4, -0.2) is 10.8 Å². The Morgan fingerprint density at radius 1 is 1.03 bits per heavy atom. The van der Waals surface area contributed by atoms with Crippen molar-refractivity contribution in [3.05, 3.63) is 69.3 Å². The number of hydrogen-bond donors (Lipinski definition) is 1. The van der Waals surface area contributed by atoms with Crippen LogP contribution in [-0.2, 0) is 23.2 Å². The number of carbonyl (C=O) groups excluding carboxylic acids is 1. The molecule has 0 unspecified atom stereocenters. The van der Waals surface area contributed by atoms with Gasteiger partial charge in [0.05, 0.1) is 10.5 Å². The molecule has 6 nitrogen and oxygen atoms in total. The van der Waals surface area contributed by atoms with Gasteiger partial charge in [-0.1, -0.05) is 64.3 Å². The smallest absolute Gasteiger partial charge is 0.276 e. The van der Waals surface area contributed by atoms with Crippen molar-refractivity contribution in [3.8, 4) is 5.75 Å². The van der Waals surface area contributed by atoms with Crippen LogP contribution in [0.1, 0.15) is 76.0 Å². The van der Waals surface area contributed by atoms with E-state index in [2.05, 4.69) is 39.0 Å². The lowest BCUT2D eigenvalue weighted by Gasteiger charge is -2.23. The molecule has 168 valence electrons. The molecule has 2 N–H and O–H groups in total. The van der Waals surface area contributed by atoms with Crippen molar-refractivity contribution in [1.82, 2.24) is 0 Å². The van der Waals surface area contributed by atoms with E-state index < -0.39 is 0 Å².